The van der Waals surface area contributed by atoms with E-state index in [4.69, 9.17) is 9.47 Å². The number of phenols is 2. The van der Waals surface area contributed by atoms with E-state index in [2.05, 4.69) is 0 Å². The molecule has 0 unspecified atom stereocenters. The molecule has 4 nitrogen and oxygen atoms in total. The Bertz CT molecular complexity index is 623. The van der Waals surface area contributed by atoms with Gasteiger partial charge in [0.25, 0.3) is 5.79 Å². The summed E-state index contributed by atoms with van der Waals surface area (Å²) >= 11 is 0. The third-order valence-corrected chi connectivity index (χ3v) is 3.20. The van der Waals surface area contributed by atoms with Gasteiger partial charge in [-0.3, -0.25) is 0 Å². The van der Waals surface area contributed by atoms with Crippen LogP contribution in [0.2, 0.25) is 0 Å². The van der Waals surface area contributed by atoms with Crippen LogP contribution >= 0.6 is 0 Å². The average Bonchev–Trinajstić information content (AvgIpc) is 2.53. The first-order valence-electron chi connectivity index (χ1n) is 6.97. The number of ether oxygens (including phenoxy) is 2. The Balaban J connectivity index is 1.86. The summed E-state index contributed by atoms with van der Waals surface area (Å²) in [5.74, 6) is 0.457. The van der Waals surface area contributed by atoms with Crippen LogP contribution in [-0.4, -0.2) is 16.0 Å². The second-order valence-corrected chi connectivity index (χ2v) is 4.95. The highest BCUT2D eigenvalue weighted by Crippen LogP contribution is 2.29. The fourth-order valence-corrected chi connectivity index (χ4v) is 2.15. The lowest BCUT2D eigenvalue weighted by molar-refractivity contribution is -0.0289. The van der Waals surface area contributed by atoms with Gasteiger partial charge in [0.05, 0.1) is 0 Å². The first kappa shape index (κ1) is 14.1. The number of rotatable bonds is 4. The first-order chi connectivity index (χ1) is 10.7. The molecule has 0 atom stereocenters. The van der Waals surface area contributed by atoms with E-state index in [9.17, 15) is 10.2 Å². The Morgan fingerprint density at radius 2 is 1.09 bits per heavy atom. The van der Waals surface area contributed by atoms with Gasteiger partial charge in [-0.1, -0.05) is 12.2 Å². The van der Waals surface area contributed by atoms with E-state index in [-0.39, 0.29) is 11.5 Å². The van der Waals surface area contributed by atoms with Gasteiger partial charge in [-0.2, -0.15) is 0 Å². The van der Waals surface area contributed by atoms with Crippen molar-refractivity contribution in [2.75, 3.05) is 0 Å². The van der Waals surface area contributed by atoms with Crippen LogP contribution < -0.4 is 9.47 Å². The predicted octanol–water partition coefficient (Wildman–Crippen LogP) is 3.77. The molecule has 1 aliphatic rings. The second-order valence-electron chi connectivity index (χ2n) is 4.95. The smallest absolute Gasteiger partial charge is 0.291 e. The fourth-order valence-electron chi connectivity index (χ4n) is 2.15. The minimum absolute atomic E-state index is 0.176. The van der Waals surface area contributed by atoms with Crippen molar-refractivity contribution < 1.29 is 19.7 Å². The van der Waals surface area contributed by atoms with E-state index in [1.807, 2.05) is 24.3 Å². The molecule has 0 heterocycles. The van der Waals surface area contributed by atoms with E-state index in [0.29, 0.717) is 11.5 Å². The Kier molecular flexibility index (Phi) is 3.74. The Labute approximate surface area is 128 Å². The summed E-state index contributed by atoms with van der Waals surface area (Å²) in [5, 5.41) is 18.7. The highest BCUT2D eigenvalue weighted by Gasteiger charge is 2.30. The van der Waals surface area contributed by atoms with Crippen molar-refractivity contribution in [3.63, 3.8) is 0 Å². The van der Waals surface area contributed by atoms with Gasteiger partial charge in [0.2, 0.25) is 0 Å². The summed E-state index contributed by atoms with van der Waals surface area (Å²) in [6, 6.07) is 12.9. The first-order valence-corrected chi connectivity index (χ1v) is 6.97. The SMILES string of the molecule is Oc1ccc(OC2(Oc3ccc(O)cc3)C=CCC=C2)cc1. The van der Waals surface area contributed by atoms with Gasteiger partial charge in [0.15, 0.2) is 0 Å². The van der Waals surface area contributed by atoms with Crippen LogP contribution in [0.25, 0.3) is 0 Å². The zero-order valence-corrected chi connectivity index (χ0v) is 11.8. The van der Waals surface area contributed by atoms with Crippen molar-refractivity contribution in [3.8, 4) is 23.0 Å². The quantitative estimate of drug-likeness (QED) is 0.666. The number of benzene rings is 2. The fraction of sp³-hybridized carbons (Fsp3) is 0.111. The molecule has 0 amide bonds. The lowest BCUT2D eigenvalue weighted by Crippen LogP contribution is -2.39. The van der Waals surface area contributed by atoms with Gasteiger partial charge in [0.1, 0.15) is 23.0 Å². The van der Waals surface area contributed by atoms with Gasteiger partial charge < -0.3 is 19.7 Å². The molecule has 3 rings (SSSR count). The van der Waals surface area contributed by atoms with Gasteiger partial charge >= 0.3 is 0 Å². The van der Waals surface area contributed by atoms with Crippen molar-refractivity contribution in [2.45, 2.75) is 12.2 Å². The van der Waals surface area contributed by atoms with E-state index in [1.165, 1.54) is 0 Å². The second kappa shape index (κ2) is 5.85. The molecular weight excluding hydrogens is 280 g/mol. The molecule has 1 aliphatic carbocycles. The monoisotopic (exact) mass is 296 g/mol. The Morgan fingerprint density at radius 3 is 1.50 bits per heavy atom. The van der Waals surface area contributed by atoms with Crippen LogP contribution in [0.3, 0.4) is 0 Å². The molecule has 0 fully saturated rings. The molecule has 0 saturated heterocycles. The summed E-state index contributed by atoms with van der Waals surface area (Å²) < 4.78 is 11.9. The van der Waals surface area contributed by atoms with E-state index in [1.54, 1.807) is 48.5 Å². The molecule has 0 saturated carbocycles. The predicted molar refractivity (Wildman–Crippen MR) is 83.1 cm³/mol. The number of allylic oxidation sites excluding steroid dienone is 2. The summed E-state index contributed by atoms with van der Waals surface area (Å²) in [5.41, 5.74) is 0. The molecule has 2 aromatic carbocycles. The minimum atomic E-state index is -1.05. The van der Waals surface area contributed by atoms with Crippen molar-refractivity contribution >= 4 is 0 Å². The lowest BCUT2D eigenvalue weighted by Gasteiger charge is -2.30. The molecule has 112 valence electrons. The van der Waals surface area contributed by atoms with E-state index >= 15 is 0 Å². The van der Waals surface area contributed by atoms with Gasteiger partial charge in [-0.25, -0.2) is 0 Å². The molecule has 0 radical (unpaired) electrons. The molecule has 0 aliphatic heterocycles. The maximum Gasteiger partial charge on any atom is 0.291 e. The largest absolute Gasteiger partial charge is 0.508 e. The zero-order valence-electron chi connectivity index (χ0n) is 11.8. The molecule has 2 aromatic rings. The summed E-state index contributed by atoms with van der Waals surface area (Å²) in [7, 11) is 0. The van der Waals surface area contributed by atoms with E-state index in [0.717, 1.165) is 6.42 Å². The topological polar surface area (TPSA) is 58.9 Å². The van der Waals surface area contributed by atoms with Gasteiger partial charge in [-0.15, -0.1) is 0 Å². The Morgan fingerprint density at radius 1 is 0.682 bits per heavy atom. The van der Waals surface area contributed by atoms with Crippen molar-refractivity contribution in [3.05, 3.63) is 72.8 Å². The van der Waals surface area contributed by atoms with Crippen LogP contribution in [0.5, 0.6) is 23.0 Å². The van der Waals surface area contributed by atoms with Crippen LogP contribution in [0.15, 0.2) is 72.8 Å². The van der Waals surface area contributed by atoms with Gasteiger partial charge in [0, 0.05) is 12.2 Å². The maximum absolute atomic E-state index is 9.35. The van der Waals surface area contributed by atoms with Crippen molar-refractivity contribution in [1.82, 2.24) is 0 Å². The third kappa shape index (κ3) is 3.23. The highest BCUT2D eigenvalue weighted by atomic mass is 16.7. The number of phenolic OH excluding ortho intramolecular Hbond substituents is 2. The molecular formula is C18H16O4. The highest BCUT2D eigenvalue weighted by molar-refractivity contribution is 5.35. The number of hydrogen-bond acceptors (Lipinski definition) is 4. The van der Waals surface area contributed by atoms with Crippen LogP contribution in [-0.2, 0) is 0 Å². The third-order valence-electron chi connectivity index (χ3n) is 3.20. The summed E-state index contributed by atoms with van der Waals surface area (Å²) in [6.45, 7) is 0. The standard InChI is InChI=1S/C18H16O4/c19-14-4-8-16(9-5-14)21-18(12-2-1-3-13-18)22-17-10-6-15(20)7-11-17/h2-13,19-20H,1H2. The number of aromatic hydroxyl groups is 2. The molecule has 2 N–H and O–H groups in total. The normalized spacial score (nSPS) is 15.5. The molecule has 0 aromatic heterocycles. The van der Waals surface area contributed by atoms with Crippen molar-refractivity contribution in [2.24, 2.45) is 0 Å². The van der Waals surface area contributed by atoms with Crippen molar-refractivity contribution in [1.29, 1.82) is 0 Å². The molecule has 0 spiro atoms. The molecule has 22 heavy (non-hydrogen) atoms. The minimum Gasteiger partial charge on any atom is -0.508 e. The Hall–Kier alpha value is -2.88. The van der Waals surface area contributed by atoms with E-state index < -0.39 is 5.79 Å². The van der Waals surface area contributed by atoms with Crippen LogP contribution in [0.4, 0.5) is 0 Å². The zero-order chi connectivity index (χ0) is 15.4. The average molecular weight is 296 g/mol. The maximum atomic E-state index is 9.35. The van der Waals surface area contributed by atoms with Crippen LogP contribution in [0.1, 0.15) is 6.42 Å². The molecule has 0 bridgehead atoms. The molecule has 4 heteroatoms. The van der Waals surface area contributed by atoms with Gasteiger partial charge in [-0.05, 0) is 55.0 Å². The van der Waals surface area contributed by atoms with Crippen LogP contribution in [0, 0.1) is 0 Å². The lowest BCUT2D eigenvalue weighted by atomic mass is 10.1. The summed E-state index contributed by atoms with van der Waals surface area (Å²) in [4.78, 5) is 0. The summed E-state index contributed by atoms with van der Waals surface area (Å²) in [6.07, 6.45) is 8.42. The number of hydrogen-bond donors (Lipinski definition) is 2.